The maximum absolute atomic E-state index is 11.9. The highest BCUT2D eigenvalue weighted by atomic mass is 35.5. The lowest BCUT2D eigenvalue weighted by molar-refractivity contribution is 0.0692. The average molecular weight is 279 g/mol. The standard InChI is InChI=1S/C14H15ClN2O2/c1-14(2,19)8-16-13(18)12-7-10(15)9-5-3-4-6-11(9)17-12/h3-7,19H,8H2,1-2H3,(H,16,18). The monoisotopic (exact) mass is 278 g/mol. The quantitative estimate of drug-likeness (QED) is 0.906. The van der Waals surface area contributed by atoms with Gasteiger partial charge < -0.3 is 10.4 Å². The van der Waals surface area contributed by atoms with Crippen molar-refractivity contribution in [3.05, 3.63) is 41.0 Å². The number of hydrogen-bond acceptors (Lipinski definition) is 3. The zero-order valence-corrected chi connectivity index (χ0v) is 11.5. The Morgan fingerprint density at radius 3 is 2.79 bits per heavy atom. The number of carbonyl (C=O) groups is 1. The fourth-order valence-corrected chi connectivity index (χ4v) is 1.90. The van der Waals surface area contributed by atoms with Gasteiger partial charge in [-0.3, -0.25) is 4.79 Å². The number of nitrogens with one attached hydrogen (secondary N) is 1. The van der Waals surface area contributed by atoms with Crippen LogP contribution in [0.2, 0.25) is 5.02 Å². The Balaban J connectivity index is 2.28. The molecule has 2 N–H and O–H groups in total. The van der Waals surface area contributed by atoms with E-state index in [2.05, 4.69) is 10.3 Å². The number of benzene rings is 1. The molecule has 0 saturated carbocycles. The molecule has 0 unspecified atom stereocenters. The largest absolute Gasteiger partial charge is 0.389 e. The third-order valence-corrected chi connectivity index (χ3v) is 2.89. The minimum absolute atomic E-state index is 0.151. The van der Waals surface area contributed by atoms with Crippen molar-refractivity contribution in [2.75, 3.05) is 6.54 Å². The van der Waals surface area contributed by atoms with E-state index in [1.165, 1.54) is 6.07 Å². The first-order chi connectivity index (χ1) is 8.87. The summed E-state index contributed by atoms with van der Waals surface area (Å²) in [6.45, 7) is 3.39. The van der Waals surface area contributed by atoms with Gasteiger partial charge in [0.2, 0.25) is 0 Å². The van der Waals surface area contributed by atoms with Crippen molar-refractivity contribution in [3.8, 4) is 0 Å². The van der Waals surface area contributed by atoms with Gasteiger partial charge in [0.1, 0.15) is 5.69 Å². The van der Waals surface area contributed by atoms with Gasteiger partial charge in [0.25, 0.3) is 5.91 Å². The van der Waals surface area contributed by atoms with Crippen LogP contribution in [0.3, 0.4) is 0 Å². The molecule has 1 amide bonds. The number of aliphatic hydroxyl groups is 1. The van der Waals surface area contributed by atoms with Crippen molar-refractivity contribution in [1.29, 1.82) is 0 Å². The lowest BCUT2D eigenvalue weighted by atomic mass is 10.1. The van der Waals surface area contributed by atoms with Crippen LogP contribution in [0.15, 0.2) is 30.3 Å². The van der Waals surface area contributed by atoms with E-state index in [1.807, 2.05) is 18.2 Å². The van der Waals surface area contributed by atoms with Crippen LogP contribution < -0.4 is 5.32 Å². The third-order valence-electron chi connectivity index (χ3n) is 2.58. The lowest BCUT2D eigenvalue weighted by Gasteiger charge is -2.17. The fraction of sp³-hybridized carbons (Fsp3) is 0.286. The van der Waals surface area contributed by atoms with E-state index in [-0.39, 0.29) is 18.1 Å². The second kappa shape index (κ2) is 5.15. The summed E-state index contributed by atoms with van der Waals surface area (Å²) in [5, 5.41) is 13.5. The molecule has 0 aliphatic heterocycles. The fourth-order valence-electron chi connectivity index (χ4n) is 1.64. The van der Waals surface area contributed by atoms with E-state index in [0.29, 0.717) is 10.5 Å². The summed E-state index contributed by atoms with van der Waals surface area (Å²) in [4.78, 5) is 16.2. The Labute approximate surface area is 116 Å². The van der Waals surface area contributed by atoms with Crippen LogP contribution in [0.1, 0.15) is 24.3 Å². The number of rotatable bonds is 3. The number of hydrogen-bond donors (Lipinski definition) is 2. The molecule has 0 aliphatic carbocycles. The molecule has 0 bridgehead atoms. The molecular formula is C14H15ClN2O2. The summed E-state index contributed by atoms with van der Waals surface area (Å²) < 4.78 is 0. The Morgan fingerprint density at radius 1 is 1.42 bits per heavy atom. The zero-order valence-electron chi connectivity index (χ0n) is 10.8. The van der Waals surface area contributed by atoms with Crippen LogP contribution >= 0.6 is 11.6 Å². The maximum atomic E-state index is 11.9. The lowest BCUT2D eigenvalue weighted by Crippen LogP contribution is -2.38. The molecular weight excluding hydrogens is 264 g/mol. The summed E-state index contributed by atoms with van der Waals surface area (Å²) in [6, 6.07) is 8.88. The third kappa shape index (κ3) is 3.43. The molecule has 0 radical (unpaired) electrons. The van der Waals surface area contributed by atoms with E-state index in [1.54, 1.807) is 19.9 Å². The van der Waals surface area contributed by atoms with E-state index in [9.17, 15) is 9.90 Å². The van der Waals surface area contributed by atoms with Gasteiger partial charge in [-0.25, -0.2) is 4.98 Å². The zero-order chi connectivity index (χ0) is 14.0. The minimum Gasteiger partial charge on any atom is -0.389 e. The van der Waals surface area contributed by atoms with Gasteiger partial charge in [0.15, 0.2) is 0 Å². The average Bonchev–Trinajstić information content (AvgIpc) is 2.35. The number of fused-ring (bicyclic) bond motifs is 1. The molecule has 4 nitrogen and oxygen atoms in total. The summed E-state index contributed by atoms with van der Waals surface area (Å²) in [5.41, 5.74) is -0.0487. The summed E-state index contributed by atoms with van der Waals surface area (Å²) in [7, 11) is 0. The molecule has 2 aromatic rings. The van der Waals surface area contributed by atoms with E-state index in [0.717, 1.165) is 5.39 Å². The van der Waals surface area contributed by atoms with Crippen LogP contribution in [0.5, 0.6) is 0 Å². The van der Waals surface area contributed by atoms with Crippen LogP contribution in [0.25, 0.3) is 10.9 Å². The van der Waals surface area contributed by atoms with Crippen LogP contribution in [0, 0.1) is 0 Å². The van der Waals surface area contributed by atoms with Gasteiger partial charge in [-0.05, 0) is 26.0 Å². The van der Waals surface area contributed by atoms with Gasteiger partial charge in [-0.1, -0.05) is 29.8 Å². The van der Waals surface area contributed by atoms with Crippen molar-refractivity contribution >= 4 is 28.4 Å². The molecule has 0 saturated heterocycles. The van der Waals surface area contributed by atoms with Gasteiger partial charge in [-0.15, -0.1) is 0 Å². The predicted octanol–water partition coefficient (Wildman–Crippen LogP) is 2.39. The summed E-state index contributed by atoms with van der Waals surface area (Å²) >= 11 is 6.13. The number of nitrogens with zero attached hydrogens (tertiary/aromatic N) is 1. The SMILES string of the molecule is CC(C)(O)CNC(=O)c1cc(Cl)c2ccccc2n1. The summed E-state index contributed by atoms with van der Waals surface area (Å²) in [6.07, 6.45) is 0. The van der Waals surface area contributed by atoms with Crippen molar-refractivity contribution in [3.63, 3.8) is 0 Å². The van der Waals surface area contributed by atoms with Crippen molar-refractivity contribution < 1.29 is 9.90 Å². The second-order valence-electron chi connectivity index (χ2n) is 5.00. The summed E-state index contributed by atoms with van der Waals surface area (Å²) in [5.74, 6) is -0.352. The number of carbonyl (C=O) groups excluding carboxylic acids is 1. The highest BCUT2D eigenvalue weighted by Crippen LogP contribution is 2.22. The highest BCUT2D eigenvalue weighted by Gasteiger charge is 2.16. The Bertz CT molecular complexity index is 620. The molecule has 0 spiro atoms. The van der Waals surface area contributed by atoms with Crippen molar-refractivity contribution in [2.45, 2.75) is 19.4 Å². The maximum Gasteiger partial charge on any atom is 0.270 e. The molecule has 1 heterocycles. The first-order valence-electron chi connectivity index (χ1n) is 5.93. The number of amides is 1. The van der Waals surface area contributed by atoms with Gasteiger partial charge in [0, 0.05) is 11.9 Å². The first-order valence-corrected chi connectivity index (χ1v) is 6.30. The van der Waals surface area contributed by atoms with E-state index < -0.39 is 5.60 Å². The molecule has 0 aliphatic rings. The van der Waals surface area contributed by atoms with Gasteiger partial charge >= 0.3 is 0 Å². The van der Waals surface area contributed by atoms with Crippen molar-refractivity contribution in [1.82, 2.24) is 10.3 Å². The van der Waals surface area contributed by atoms with Gasteiger partial charge in [-0.2, -0.15) is 0 Å². The van der Waals surface area contributed by atoms with E-state index >= 15 is 0 Å². The Kier molecular flexibility index (Phi) is 3.73. The number of halogens is 1. The van der Waals surface area contributed by atoms with Crippen LogP contribution in [-0.2, 0) is 0 Å². The van der Waals surface area contributed by atoms with E-state index in [4.69, 9.17) is 11.6 Å². The first kappa shape index (κ1) is 13.8. The van der Waals surface area contributed by atoms with Gasteiger partial charge in [0.05, 0.1) is 16.1 Å². The molecule has 19 heavy (non-hydrogen) atoms. The topological polar surface area (TPSA) is 62.2 Å². The number of pyridine rings is 1. The second-order valence-corrected chi connectivity index (χ2v) is 5.41. The highest BCUT2D eigenvalue weighted by molar-refractivity contribution is 6.35. The molecule has 5 heteroatoms. The Morgan fingerprint density at radius 2 is 2.11 bits per heavy atom. The Hall–Kier alpha value is -1.65. The number of aromatic nitrogens is 1. The molecule has 0 fully saturated rings. The number of para-hydroxylation sites is 1. The molecule has 1 aromatic heterocycles. The molecule has 100 valence electrons. The molecule has 0 atom stereocenters. The smallest absolute Gasteiger partial charge is 0.270 e. The normalized spacial score (nSPS) is 11.6. The van der Waals surface area contributed by atoms with Crippen LogP contribution in [0.4, 0.5) is 0 Å². The predicted molar refractivity (Wildman–Crippen MR) is 75.4 cm³/mol. The minimum atomic E-state index is -0.962. The van der Waals surface area contributed by atoms with Crippen molar-refractivity contribution in [2.24, 2.45) is 0 Å². The molecule has 1 aromatic carbocycles. The molecule has 2 rings (SSSR count). The van der Waals surface area contributed by atoms with Crippen LogP contribution in [-0.4, -0.2) is 28.1 Å².